The van der Waals surface area contributed by atoms with Crippen molar-refractivity contribution < 1.29 is 27.1 Å². The van der Waals surface area contributed by atoms with Gasteiger partial charge >= 0.3 is 0 Å². The van der Waals surface area contributed by atoms with Crippen molar-refractivity contribution in [2.45, 2.75) is 57.6 Å². The number of sulfonamides is 1. The number of carbonyl (C=O) groups excluding carboxylic acids is 2. The molecule has 0 bridgehead atoms. The fourth-order valence-electron chi connectivity index (χ4n) is 3.99. The maximum absolute atomic E-state index is 14.6. The molecule has 0 aliphatic rings. The van der Waals surface area contributed by atoms with E-state index < -0.39 is 40.2 Å². The van der Waals surface area contributed by atoms with Crippen LogP contribution in [0.2, 0.25) is 0 Å². The standard InChI is InChI=1S/C30H36FN3O5S/c1-6-22(3)32-30(36)23(4)33(19-24-10-7-8-13-28(24)31)29(35)20-34(25-11-9-12-26(18-25)39-5)40(37,38)27-16-14-21(2)15-17-27/h7-18,22-23H,6,19-20H2,1-5H3,(H,32,36)/t22-,23+/m0/s1. The Morgan fingerprint density at radius 3 is 2.30 bits per heavy atom. The summed E-state index contributed by atoms with van der Waals surface area (Å²) in [6.45, 7) is 6.29. The highest BCUT2D eigenvalue weighted by atomic mass is 32.2. The van der Waals surface area contributed by atoms with Gasteiger partial charge in [0.25, 0.3) is 10.0 Å². The molecular weight excluding hydrogens is 533 g/mol. The van der Waals surface area contributed by atoms with E-state index in [1.54, 1.807) is 43.3 Å². The van der Waals surface area contributed by atoms with Crippen molar-refractivity contribution in [3.05, 3.63) is 89.7 Å². The molecule has 3 rings (SSSR count). The molecule has 0 radical (unpaired) electrons. The third kappa shape index (κ3) is 7.38. The van der Waals surface area contributed by atoms with Crippen LogP contribution in [0, 0.1) is 12.7 Å². The summed E-state index contributed by atoms with van der Waals surface area (Å²) < 4.78 is 48.7. The van der Waals surface area contributed by atoms with E-state index in [-0.39, 0.29) is 28.7 Å². The van der Waals surface area contributed by atoms with Crippen LogP contribution in [0.5, 0.6) is 5.75 Å². The number of rotatable bonds is 12. The van der Waals surface area contributed by atoms with Crippen molar-refractivity contribution in [1.29, 1.82) is 0 Å². The van der Waals surface area contributed by atoms with E-state index >= 15 is 0 Å². The van der Waals surface area contributed by atoms with Gasteiger partial charge in [-0.1, -0.05) is 48.9 Å². The first-order valence-corrected chi connectivity index (χ1v) is 14.5. The van der Waals surface area contributed by atoms with Crippen molar-refractivity contribution >= 4 is 27.5 Å². The minimum absolute atomic E-state index is 0.00284. The number of nitrogens with zero attached hydrogens (tertiary/aromatic N) is 2. The molecule has 2 amide bonds. The Labute approximate surface area is 235 Å². The normalized spacial score (nSPS) is 12.8. The topological polar surface area (TPSA) is 96.0 Å². The Bertz CT molecular complexity index is 1430. The van der Waals surface area contributed by atoms with Crippen LogP contribution in [0.15, 0.2) is 77.7 Å². The zero-order chi connectivity index (χ0) is 29.4. The molecule has 3 aromatic carbocycles. The van der Waals surface area contributed by atoms with Gasteiger partial charge in [-0.2, -0.15) is 0 Å². The lowest BCUT2D eigenvalue weighted by atomic mass is 10.1. The van der Waals surface area contributed by atoms with Gasteiger partial charge in [0.05, 0.1) is 17.7 Å². The number of hydrogen-bond donors (Lipinski definition) is 1. The summed E-state index contributed by atoms with van der Waals surface area (Å²) in [5.74, 6) is -1.23. The Balaban J connectivity index is 2.05. The van der Waals surface area contributed by atoms with Crippen LogP contribution in [0.1, 0.15) is 38.3 Å². The number of carbonyl (C=O) groups is 2. The van der Waals surface area contributed by atoms with Crippen molar-refractivity contribution in [2.24, 2.45) is 0 Å². The highest BCUT2D eigenvalue weighted by Gasteiger charge is 2.33. The molecule has 3 aromatic rings. The first-order chi connectivity index (χ1) is 19.0. The van der Waals surface area contributed by atoms with Crippen LogP contribution in [0.4, 0.5) is 10.1 Å². The molecule has 214 valence electrons. The maximum atomic E-state index is 14.6. The molecule has 10 heteroatoms. The molecule has 0 fully saturated rings. The van der Waals surface area contributed by atoms with Gasteiger partial charge in [-0.05, 0) is 57.5 Å². The van der Waals surface area contributed by atoms with E-state index in [1.165, 1.54) is 48.4 Å². The van der Waals surface area contributed by atoms with Gasteiger partial charge in [0.1, 0.15) is 24.2 Å². The number of halogens is 1. The van der Waals surface area contributed by atoms with E-state index in [2.05, 4.69) is 5.32 Å². The van der Waals surface area contributed by atoms with Gasteiger partial charge in [0, 0.05) is 24.2 Å². The Morgan fingerprint density at radius 2 is 1.68 bits per heavy atom. The highest BCUT2D eigenvalue weighted by molar-refractivity contribution is 7.92. The monoisotopic (exact) mass is 569 g/mol. The number of hydrogen-bond acceptors (Lipinski definition) is 5. The summed E-state index contributed by atoms with van der Waals surface area (Å²) in [6.07, 6.45) is 0.679. The number of anilines is 1. The second kappa shape index (κ2) is 13.4. The van der Waals surface area contributed by atoms with Gasteiger partial charge in [-0.15, -0.1) is 0 Å². The van der Waals surface area contributed by atoms with Crippen LogP contribution in [-0.2, 0) is 26.2 Å². The largest absolute Gasteiger partial charge is 0.497 e. The Morgan fingerprint density at radius 1 is 1.00 bits per heavy atom. The Hall–Kier alpha value is -3.92. The second-order valence-electron chi connectivity index (χ2n) is 9.63. The maximum Gasteiger partial charge on any atom is 0.264 e. The fraction of sp³-hybridized carbons (Fsp3) is 0.333. The van der Waals surface area contributed by atoms with E-state index in [1.807, 2.05) is 20.8 Å². The molecule has 0 aliphatic carbocycles. The molecule has 0 aromatic heterocycles. The SMILES string of the molecule is CC[C@H](C)NC(=O)[C@@H](C)N(Cc1ccccc1F)C(=O)CN(c1cccc(OC)c1)S(=O)(=O)c1ccc(C)cc1. The van der Waals surface area contributed by atoms with Gasteiger partial charge in [-0.25, -0.2) is 12.8 Å². The third-order valence-electron chi connectivity index (χ3n) is 6.70. The molecule has 0 saturated heterocycles. The zero-order valence-corrected chi connectivity index (χ0v) is 24.2. The molecule has 1 N–H and O–H groups in total. The lowest BCUT2D eigenvalue weighted by Crippen LogP contribution is -2.52. The number of methoxy groups -OCH3 is 1. The average molecular weight is 570 g/mol. The van der Waals surface area contributed by atoms with Gasteiger partial charge in [0.2, 0.25) is 11.8 Å². The van der Waals surface area contributed by atoms with E-state index in [4.69, 9.17) is 4.74 Å². The number of ether oxygens (including phenoxy) is 1. The molecule has 0 spiro atoms. The number of benzene rings is 3. The van der Waals surface area contributed by atoms with Crippen LogP contribution in [-0.4, -0.2) is 50.9 Å². The smallest absolute Gasteiger partial charge is 0.264 e. The number of amides is 2. The van der Waals surface area contributed by atoms with Gasteiger partial charge in [0.15, 0.2) is 0 Å². The first-order valence-electron chi connectivity index (χ1n) is 13.0. The highest BCUT2D eigenvalue weighted by Crippen LogP contribution is 2.28. The van der Waals surface area contributed by atoms with Gasteiger partial charge in [-0.3, -0.25) is 13.9 Å². The summed E-state index contributed by atoms with van der Waals surface area (Å²) in [5, 5.41) is 2.85. The second-order valence-corrected chi connectivity index (χ2v) is 11.5. The molecule has 0 saturated carbocycles. The fourth-order valence-corrected chi connectivity index (χ4v) is 5.40. The van der Waals surface area contributed by atoms with Crippen molar-refractivity contribution in [1.82, 2.24) is 10.2 Å². The minimum atomic E-state index is -4.22. The van der Waals surface area contributed by atoms with Crippen LogP contribution >= 0.6 is 0 Å². The quantitative estimate of drug-likeness (QED) is 0.342. The van der Waals surface area contributed by atoms with E-state index in [0.29, 0.717) is 12.2 Å². The van der Waals surface area contributed by atoms with Crippen molar-refractivity contribution in [3.63, 3.8) is 0 Å². The van der Waals surface area contributed by atoms with Crippen molar-refractivity contribution in [2.75, 3.05) is 18.0 Å². The molecular formula is C30H36FN3O5S. The average Bonchev–Trinajstić information content (AvgIpc) is 2.95. The summed E-state index contributed by atoms with van der Waals surface area (Å²) in [5.41, 5.74) is 1.28. The molecule has 0 aliphatic heterocycles. The van der Waals surface area contributed by atoms with Crippen LogP contribution < -0.4 is 14.4 Å². The van der Waals surface area contributed by atoms with Crippen LogP contribution in [0.3, 0.4) is 0 Å². The molecule has 0 heterocycles. The van der Waals surface area contributed by atoms with Crippen molar-refractivity contribution in [3.8, 4) is 5.75 Å². The number of aryl methyl sites for hydroxylation is 1. The summed E-state index contributed by atoms with van der Waals surface area (Å²) in [6, 6.07) is 17.5. The van der Waals surface area contributed by atoms with E-state index in [0.717, 1.165) is 9.87 Å². The lowest BCUT2D eigenvalue weighted by Gasteiger charge is -2.32. The van der Waals surface area contributed by atoms with E-state index in [9.17, 15) is 22.4 Å². The van der Waals surface area contributed by atoms with Gasteiger partial charge < -0.3 is 15.0 Å². The predicted octanol–water partition coefficient (Wildman–Crippen LogP) is 4.67. The predicted molar refractivity (Wildman–Crippen MR) is 153 cm³/mol. The molecule has 40 heavy (non-hydrogen) atoms. The summed E-state index contributed by atoms with van der Waals surface area (Å²) in [4.78, 5) is 28.2. The van der Waals surface area contributed by atoms with Crippen LogP contribution in [0.25, 0.3) is 0 Å². The zero-order valence-electron chi connectivity index (χ0n) is 23.4. The summed E-state index contributed by atoms with van der Waals surface area (Å²) in [7, 11) is -2.76. The lowest BCUT2D eigenvalue weighted by molar-refractivity contribution is -0.139. The third-order valence-corrected chi connectivity index (χ3v) is 8.48. The molecule has 8 nitrogen and oxygen atoms in total. The Kier molecular flexibility index (Phi) is 10.3. The molecule has 2 atom stereocenters. The first kappa shape index (κ1) is 30.6. The summed E-state index contributed by atoms with van der Waals surface area (Å²) >= 11 is 0. The minimum Gasteiger partial charge on any atom is -0.497 e. The number of nitrogens with one attached hydrogen (secondary N) is 1. The molecule has 0 unspecified atom stereocenters.